The molecule has 6 nitrogen and oxygen atoms in total. The molecular weight excluding hydrogens is 324 g/mol. The smallest absolute Gasteiger partial charge is 0.116 e. The quantitative estimate of drug-likeness (QED) is 0.568. The van der Waals surface area contributed by atoms with Gasteiger partial charge in [0.15, 0.2) is 0 Å². The Labute approximate surface area is 151 Å². The molecule has 0 atom stereocenters. The molecule has 0 unspecified atom stereocenters. The van der Waals surface area contributed by atoms with Crippen molar-refractivity contribution in [1.29, 1.82) is 0 Å². The van der Waals surface area contributed by atoms with E-state index in [1.165, 1.54) is 11.9 Å². The summed E-state index contributed by atoms with van der Waals surface area (Å²) in [4.78, 5) is 10.2. The van der Waals surface area contributed by atoms with Crippen LogP contribution < -0.4 is 4.90 Å². The molecule has 0 fully saturated rings. The molecule has 0 aliphatic carbocycles. The summed E-state index contributed by atoms with van der Waals surface area (Å²) in [6, 6.07) is 16.7. The van der Waals surface area contributed by atoms with Crippen LogP contribution in [0.15, 0.2) is 73.4 Å². The molecule has 0 bridgehead atoms. The Balaban J connectivity index is 1.76. The van der Waals surface area contributed by atoms with Crippen molar-refractivity contribution in [1.82, 2.24) is 25.0 Å². The molecule has 4 rings (SSSR count). The van der Waals surface area contributed by atoms with Crippen molar-refractivity contribution in [2.75, 3.05) is 19.0 Å². The summed E-state index contributed by atoms with van der Waals surface area (Å²) >= 11 is 0. The Bertz CT molecular complexity index is 1010. The predicted octanol–water partition coefficient (Wildman–Crippen LogP) is 3.46. The summed E-state index contributed by atoms with van der Waals surface area (Å²) < 4.78 is 1.78. The van der Waals surface area contributed by atoms with Gasteiger partial charge in [0.25, 0.3) is 0 Å². The Morgan fingerprint density at radius 3 is 2.35 bits per heavy atom. The molecule has 0 saturated carbocycles. The average Bonchev–Trinajstić information content (AvgIpc) is 3.19. The van der Waals surface area contributed by atoms with Gasteiger partial charge in [-0.05, 0) is 23.3 Å². The molecular formula is C20H18N6. The summed E-state index contributed by atoms with van der Waals surface area (Å²) in [5.74, 6) is 0. The lowest BCUT2D eigenvalue weighted by molar-refractivity contribution is 0.801. The molecule has 0 saturated heterocycles. The van der Waals surface area contributed by atoms with Crippen LogP contribution in [0, 0.1) is 0 Å². The number of anilines is 1. The van der Waals surface area contributed by atoms with Crippen molar-refractivity contribution in [2.24, 2.45) is 0 Å². The van der Waals surface area contributed by atoms with Gasteiger partial charge in [-0.25, -0.2) is 14.6 Å². The van der Waals surface area contributed by atoms with Gasteiger partial charge >= 0.3 is 0 Å². The van der Waals surface area contributed by atoms with E-state index in [0.29, 0.717) is 0 Å². The van der Waals surface area contributed by atoms with Crippen LogP contribution in [0.25, 0.3) is 28.1 Å². The fourth-order valence-corrected chi connectivity index (χ4v) is 2.83. The third-order valence-electron chi connectivity index (χ3n) is 4.16. The summed E-state index contributed by atoms with van der Waals surface area (Å²) in [5, 5.41) is 8.55. The second-order valence-electron chi connectivity index (χ2n) is 6.14. The van der Waals surface area contributed by atoms with Gasteiger partial charge in [-0.15, -0.1) is 5.10 Å². The first-order valence-electron chi connectivity index (χ1n) is 8.27. The van der Waals surface area contributed by atoms with Crippen LogP contribution >= 0.6 is 0 Å². The minimum atomic E-state index is 0.738. The van der Waals surface area contributed by atoms with Gasteiger partial charge in [0, 0.05) is 32.1 Å². The van der Waals surface area contributed by atoms with Crippen molar-refractivity contribution in [3.8, 4) is 28.1 Å². The van der Waals surface area contributed by atoms with E-state index in [1.54, 1.807) is 17.1 Å². The molecule has 2 aromatic carbocycles. The highest BCUT2D eigenvalue weighted by Crippen LogP contribution is 2.30. The topological polar surface area (TPSA) is 59.7 Å². The minimum absolute atomic E-state index is 0.738. The van der Waals surface area contributed by atoms with Gasteiger partial charge in [0.2, 0.25) is 0 Å². The van der Waals surface area contributed by atoms with Crippen LogP contribution in [0.5, 0.6) is 0 Å². The first-order valence-corrected chi connectivity index (χ1v) is 8.27. The van der Waals surface area contributed by atoms with Crippen LogP contribution in [-0.4, -0.2) is 39.1 Å². The molecule has 2 aromatic heterocycles. The maximum atomic E-state index is 4.29. The van der Waals surface area contributed by atoms with Crippen LogP contribution in [0.1, 0.15) is 0 Å². The number of benzene rings is 2. The van der Waals surface area contributed by atoms with Crippen molar-refractivity contribution >= 4 is 5.69 Å². The van der Waals surface area contributed by atoms with Crippen LogP contribution in [0.4, 0.5) is 5.69 Å². The Hall–Kier alpha value is -3.54. The fourth-order valence-electron chi connectivity index (χ4n) is 2.83. The van der Waals surface area contributed by atoms with Crippen LogP contribution in [-0.2, 0) is 0 Å². The SMILES string of the molecule is CN(C)c1cc(-c2ccccc2)ccc1-n1cc(-c2cncnc2)nn1. The van der Waals surface area contributed by atoms with E-state index < -0.39 is 0 Å². The van der Waals surface area contributed by atoms with E-state index in [1.807, 2.05) is 38.5 Å². The standard InChI is InChI=1S/C20H18N6/c1-25(2)20-10-16(15-6-4-3-5-7-15)8-9-19(20)26-13-18(23-24-26)17-11-21-14-22-12-17/h3-14H,1-2H3. The third kappa shape index (κ3) is 3.04. The Morgan fingerprint density at radius 1 is 0.846 bits per heavy atom. The lowest BCUT2D eigenvalue weighted by Crippen LogP contribution is -2.12. The van der Waals surface area contributed by atoms with Gasteiger partial charge in [-0.2, -0.15) is 0 Å². The average molecular weight is 342 g/mol. The number of rotatable bonds is 4. The van der Waals surface area contributed by atoms with E-state index in [-0.39, 0.29) is 0 Å². The van der Waals surface area contributed by atoms with E-state index in [9.17, 15) is 0 Å². The molecule has 0 aliphatic heterocycles. The summed E-state index contributed by atoms with van der Waals surface area (Å²) in [5.41, 5.74) is 5.95. The lowest BCUT2D eigenvalue weighted by Gasteiger charge is -2.18. The van der Waals surface area contributed by atoms with Crippen LogP contribution in [0.2, 0.25) is 0 Å². The highest BCUT2D eigenvalue weighted by molar-refractivity contribution is 5.74. The van der Waals surface area contributed by atoms with Crippen molar-refractivity contribution in [3.63, 3.8) is 0 Å². The van der Waals surface area contributed by atoms with Gasteiger partial charge in [-0.3, -0.25) is 0 Å². The minimum Gasteiger partial charge on any atom is -0.376 e. The molecule has 26 heavy (non-hydrogen) atoms. The van der Waals surface area contributed by atoms with Gasteiger partial charge in [0.1, 0.15) is 12.0 Å². The highest BCUT2D eigenvalue weighted by Gasteiger charge is 2.12. The van der Waals surface area contributed by atoms with Gasteiger partial charge in [-0.1, -0.05) is 41.6 Å². The monoisotopic (exact) mass is 342 g/mol. The summed E-state index contributed by atoms with van der Waals surface area (Å²) in [6.07, 6.45) is 6.85. The van der Waals surface area contributed by atoms with E-state index in [2.05, 4.69) is 55.5 Å². The zero-order valence-electron chi connectivity index (χ0n) is 14.6. The molecule has 0 amide bonds. The Morgan fingerprint density at radius 2 is 1.62 bits per heavy atom. The van der Waals surface area contributed by atoms with Crippen LogP contribution in [0.3, 0.4) is 0 Å². The summed E-state index contributed by atoms with van der Waals surface area (Å²) in [7, 11) is 4.05. The van der Waals surface area contributed by atoms with E-state index >= 15 is 0 Å². The zero-order valence-corrected chi connectivity index (χ0v) is 14.6. The number of hydrogen-bond donors (Lipinski definition) is 0. The van der Waals surface area contributed by atoms with Gasteiger partial charge < -0.3 is 4.90 Å². The largest absolute Gasteiger partial charge is 0.376 e. The normalized spacial score (nSPS) is 10.7. The van der Waals surface area contributed by atoms with E-state index in [0.717, 1.165) is 28.2 Å². The second kappa shape index (κ2) is 6.76. The molecule has 128 valence electrons. The maximum absolute atomic E-state index is 4.29. The molecule has 0 spiro atoms. The molecule has 2 heterocycles. The molecule has 0 radical (unpaired) electrons. The Kier molecular flexibility index (Phi) is 4.15. The van der Waals surface area contributed by atoms with Crippen molar-refractivity contribution < 1.29 is 0 Å². The third-order valence-corrected chi connectivity index (χ3v) is 4.16. The molecule has 6 heteroatoms. The lowest BCUT2D eigenvalue weighted by atomic mass is 10.0. The first kappa shape index (κ1) is 16.0. The number of hydrogen-bond acceptors (Lipinski definition) is 5. The first-order chi connectivity index (χ1) is 12.7. The molecule has 0 N–H and O–H groups in total. The van der Waals surface area contributed by atoms with Crippen molar-refractivity contribution in [3.05, 3.63) is 73.4 Å². The molecule has 4 aromatic rings. The zero-order chi connectivity index (χ0) is 17.9. The fraction of sp³-hybridized carbons (Fsp3) is 0.100. The summed E-state index contributed by atoms with van der Waals surface area (Å²) in [6.45, 7) is 0. The number of nitrogens with zero attached hydrogens (tertiary/aromatic N) is 6. The van der Waals surface area contributed by atoms with Crippen molar-refractivity contribution in [2.45, 2.75) is 0 Å². The maximum Gasteiger partial charge on any atom is 0.116 e. The van der Waals surface area contributed by atoms with E-state index in [4.69, 9.17) is 0 Å². The molecule has 0 aliphatic rings. The number of aromatic nitrogens is 5. The second-order valence-corrected chi connectivity index (χ2v) is 6.14. The van der Waals surface area contributed by atoms with Gasteiger partial charge in [0.05, 0.1) is 17.6 Å². The predicted molar refractivity (Wildman–Crippen MR) is 102 cm³/mol. The highest BCUT2D eigenvalue weighted by atomic mass is 15.4.